The predicted octanol–water partition coefficient (Wildman–Crippen LogP) is 2.09. The Morgan fingerprint density at radius 3 is 2.75 bits per heavy atom. The minimum absolute atomic E-state index is 0.677. The van der Waals surface area contributed by atoms with Crippen LogP contribution < -0.4 is 5.32 Å². The molecule has 1 N–H and O–H groups in total. The van der Waals surface area contributed by atoms with E-state index in [1.54, 1.807) is 0 Å². The van der Waals surface area contributed by atoms with Gasteiger partial charge in [-0.05, 0) is 43.8 Å². The van der Waals surface area contributed by atoms with Crippen molar-refractivity contribution < 1.29 is 0 Å². The van der Waals surface area contributed by atoms with Crippen LogP contribution in [0.4, 0.5) is 0 Å². The van der Waals surface area contributed by atoms with E-state index in [1.165, 1.54) is 24.1 Å². The smallest absolute Gasteiger partial charge is 0.0688 e. The van der Waals surface area contributed by atoms with Crippen molar-refractivity contribution in [2.24, 2.45) is 13.0 Å². The van der Waals surface area contributed by atoms with E-state index in [0.717, 1.165) is 19.5 Å². The fourth-order valence-corrected chi connectivity index (χ4v) is 2.59. The predicted molar refractivity (Wildman–Crippen MR) is 66.6 cm³/mol. The van der Waals surface area contributed by atoms with Crippen LogP contribution in [0.15, 0.2) is 6.20 Å². The quantitative estimate of drug-likeness (QED) is 0.847. The van der Waals surface area contributed by atoms with Crippen molar-refractivity contribution in [3.05, 3.63) is 17.5 Å². The highest BCUT2D eigenvalue weighted by Crippen LogP contribution is 2.27. The van der Waals surface area contributed by atoms with E-state index in [9.17, 15) is 0 Å². The minimum Gasteiger partial charge on any atom is -0.317 e. The molecule has 1 aliphatic rings. The van der Waals surface area contributed by atoms with E-state index in [-0.39, 0.29) is 0 Å². The standard InChI is InChI=1S/C13H23N3/c1-10(2)8-12-9-16(3)15-13(12)11-4-6-14-7-5-11/h9-11,14H,4-8H2,1-3H3. The van der Waals surface area contributed by atoms with Crippen molar-refractivity contribution >= 4 is 0 Å². The van der Waals surface area contributed by atoms with Gasteiger partial charge in [-0.3, -0.25) is 4.68 Å². The zero-order valence-electron chi connectivity index (χ0n) is 10.7. The monoisotopic (exact) mass is 221 g/mol. The first-order valence-corrected chi connectivity index (χ1v) is 6.40. The van der Waals surface area contributed by atoms with Gasteiger partial charge in [0.1, 0.15) is 0 Å². The zero-order chi connectivity index (χ0) is 11.5. The van der Waals surface area contributed by atoms with E-state index in [1.807, 2.05) is 11.7 Å². The maximum atomic E-state index is 4.68. The molecule has 1 fully saturated rings. The summed E-state index contributed by atoms with van der Waals surface area (Å²) in [5, 5.41) is 8.09. The molecule has 0 aliphatic carbocycles. The van der Waals surface area contributed by atoms with Crippen molar-refractivity contribution in [3.63, 3.8) is 0 Å². The lowest BCUT2D eigenvalue weighted by molar-refractivity contribution is 0.446. The molecule has 3 heteroatoms. The molecule has 0 radical (unpaired) electrons. The Hall–Kier alpha value is -0.830. The Bertz CT molecular complexity index is 335. The summed E-state index contributed by atoms with van der Waals surface area (Å²) in [6.45, 7) is 6.84. The molecular formula is C13H23N3. The molecular weight excluding hydrogens is 198 g/mol. The Morgan fingerprint density at radius 1 is 1.44 bits per heavy atom. The average molecular weight is 221 g/mol. The fourth-order valence-electron chi connectivity index (χ4n) is 2.59. The van der Waals surface area contributed by atoms with Crippen molar-refractivity contribution in [2.45, 2.75) is 39.0 Å². The van der Waals surface area contributed by atoms with E-state index >= 15 is 0 Å². The first-order chi connectivity index (χ1) is 7.66. The van der Waals surface area contributed by atoms with Gasteiger partial charge in [0.05, 0.1) is 5.69 Å². The Balaban J connectivity index is 2.17. The normalized spacial score (nSPS) is 18.2. The lowest BCUT2D eigenvalue weighted by atomic mass is 9.90. The highest BCUT2D eigenvalue weighted by Gasteiger charge is 2.21. The third kappa shape index (κ3) is 2.64. The molecule has 0 spiro atoms. The van der Waals surface area contributed by atoms with Gasteiger partial charge in [0.25, 0.3) is 0 Å². The third-order valence-electron chi connectivity index (χ3n) is 3.29. The lowest BCUT2D eigenvalue weighted by Gasteiger charge is -2.22. The molecule has 2 rings (SSSR count). The number of hydrogen-bond acceptors (Lipinski definition) is 2. The van der Waals surface area contributed by atoms with Gasteiger partial charge in [-0.15, -0.1) is 0 Å². The van der Waals surface area contributed by atoms with Crippen LogP contribution in [0.3, 0.4) is 0 Å². The molecule has 0 amide bonds. The first kappa shape index (κ1) is 11.6. The van der Waals surface area contributed by atoms with Gasteiger partial charge >= 0.3 is 0 Å². The SMILES string of the molecule is CC(C)Cc1cn(C)nc1C1CCNCC1. The maximum absolute atomic E-state index is 4.68. The van der Waals surface area contributed by atoms with E-state index in [0.29, 0.717) is 11.8 Å². The summed E-state index contributed by atoms with van der Waals surface area (Å²) < 4.78 is 1.98. The molecule has 1 aromatic heterocycles. The summed E-state index contributed by atoms with van der Waals surface area (Å²) in [4.78, 5) is 0. The van der Waals surface area contributed by atoms with Gasteiger partial charge in [0, 0.05) is 19.2 Å². The summed E-state index contributed by atoms with van der Waals surface area (Å²) in [5.74, 6) is 1.39. The second kappa shape index (κ2) is 5.00. The lowest BCUT2D eigenvalue weighted by Crippen LogP contribution is -2.27. The molecule has 1 aliphatic heterocycles. The minimum atomic E-state index is 0.677. The van der Waals surface area contributed by atoms with E-state index < -0.39 is 0 Å². The van der Waals surface area contributed by atoms with Crippen molar-refractivity contribution in [1.82, 2.24) is 15.1 Å². The van der Waals surface area contributed by atoms with Crippen LogP contribution >= 0.6 is 0 Å². The maximum Gasteiger partial charge on any atom is 0.0688 e. The van der Waals surface area contributed by atoms with Gasteiger partial charge in [-0.1, -0.05) is 13.8 Å². The first-order valence-electron chi connectivity index (χ1n) is 6.40. The molecule has 0 bridgehead atoms. The Labute approximate surface area is 98.2 Å². The number of nitrogens with one attached hydrogen (secondary N) is 1. The number of piperidine rings is 1. The highest BCUT2D eigenvalue weighted by atomic mass is 15.3. The number of aryl methyl sites for hydroxylation is 1. The second-order valence-corrected chi connectivity index (χ2v) is 5.34. The molecule has 16 heavy (non-hydrogen) atoms. The Kier molecular flexibility index (Phi) is 3.64. The summed E-state index contributed by atoms with van der Waals surface area (Å²) in [6.07, 6.45) is 5.84. The van der Waals surface area contributed by atoms with Crippen molar-refractivity contribution in [3.8, 4) is 0 Å². The topological polar surface area (TPSA) is 29.9 Å². The molecule has 0 unspecified atom stereocenters. The van der Waals surface area contributed by atoms with E-state index in [2.05, 4.69) is 30.5 Å². The van der Waals surface area contributed by atoms with Crippen LogP contribution in [0.25, 0.3) is 0 Å². The van der Waals surface area contributed by atoms with Gasteiger partial charge in [-0.25, -0.2) is 0 Å². The number of rotatable bonds is 3. The third-order valence-corrected chi connectivity index (χ3v) is 3.29. The summed E-state index contributed by atoms with van der Waals surface area (Å²) in [5.41, 5.74) is 2.82. The molecule has 0 saturated carbocycles. The van der Waals surface area contributed by atoms with Crippen LogP contribution in [0.2, 0.25) is 0 Å². The number of aromatic nitrogens is 2. The molecule has 1 saturated heterocycles. The molecule has 3 nitrogen and oxygen atoms in total. The van der Waals surface area contributed by atoms with Crippen molar-refractivity contribution in [2.75, 3.05) is 13.1 Å². The van der Waals surface area contributed by atoms with Crippen LogP contribution in [0, 0.1) is 5.92 Å². The zero-order valence-corrected chi connectivity index (χ0v) is 10.7. The van der Waals surface area contributed by atoms with Gasteiger partial charge < -0.3 is 5.32 Å². The fraction of sp³-hybridized carbons (Fsp3) is 0.769. The second-order valence-electron chi connectivity index (χ2n) is 5.34. The average Bonchev–Trinajstić information content (AvgIpc) is 2.60. The van der Waals surface area contributed by atoms with Crippen LogP contribution in [-0.2, 0) is 13.5 Å². The molecule has 1 aromatic rings. The van der Waals surface area contributed by atoms with Gasteiger partial charge in [0.15, 0.2) is 0 Å². The van der Waals surface area contributed by atoms with Gasteiger partial charge in [-0.2, -0.15) is 5.10 Å². The highest BCUT2D eigenvalue weighted by molar-refractivity contribution is 5.22. The molecule has 0 atom stereocenters. The van der Waals surface area contributed by atoms with Crippen LogP contribution in [-0.4, -0.2) is 22.9 Å². The largest absolute Gasteiger partial charge is 0.317 e. The number of hydrogen-bond donors (Lipinski definition) is 1. The molecule has 90 valence electrons. The van der Waals surface area contributed by atoms with Crippen LogP contribution in [0.1, 0.15) is 43.9 Å². The number of nitrogens with zero attached hydrogens (tertiary/aromatic N) is 2. The van der Waals surface area contributed by atoms with Crippen LogP contribution in [0.5, 0.6) is 0 Å². The summed E-state index contributed by atoms with van der Waals surface area (Å²) in [7, 11) is 2.04. The van der Waals surface area contributed by atoms with E-state index in [4.69, 9.17) is 0 Å². The summed E-state index contributed by atoms with van der Waals surface area (Å²) in [6, 6.07) is 0. The molecule has 2 heterocycles. The molecule has 0 aromatic carbocycles. The van der Waals surface area contributed by atoms with Crippen molar-refractivity contribution in [1.29, 1.82) is 0 Å². The summed E-state index contributed by atoms with van der Waals surface area (Å²) >= 11 is 0. The van der Waals surface area contributed by atoms with Gasteiger partial charge in [0.2, 0.25) is 0 Å². The Morgan fingerprint density at radius 2 is 2.12 bits per heavy atom.